The lowest BCUT2D eigenvalue weighted by atomic mass is 9.98. The number of ketones is 1. The van der Waals surface area contributed by atoms with Gasteiger partial charge in [-0.15, -0.1) is 0 Å². The average Bonchev–Trinajstić information content (AvgIpc) is 3.27. The largest absolute Gasteiger partial charge is 0.508 e. The number of aromatic nitrogens is 1. The predicted molar refractivity (Wildman–Crippen MR) is 117 cm³/mol. The number of benzene rings is 3. The Morgan fingerprint density at radius 1 is 1.00 bits per heavy atom. The van der Waals surface area contributed by atoms with E-state index in [1.807, 2.05) is 59.3 Å². The maximum absolute atomic E-state index is 12.9. The van der Waals surface area contributed by atoms with Crippen molar-refractivity contribution in [3.63, 3.8) is 0 Å². The fourth-order valence-corrected chi connectivity index (χ4v) is 4.06. The van der Waals surface area contributed by atoms with Gasteiger partial charge in [-0.1, -0.05) is 42.5 Å². The van der Waals surface area contributed by atoms with E-state index in [9.17, 15) is 20.1 Å². The predicted octanol–water partition coefficient (Wildman–Crippen LogP) is 4.33. The number of nitrogens with zero attached hydrogens (tertiary/aromatic N) is 1. The fraction of sp³-hybridized carbons (Fsp3) is 0.0800. The van der Waals surface area contributed by atoms with E-state index in [1.54, 1.807) is 6.08 Å². The van der Waals surface area contributed by atoms with Gasteiger partial charge < -0.3 is 24.6 Å². The third-order valence-corrected chi connectivity index (χ3v) is 5.38. The lowest BCUT2D eigenvalue weighted by Gasteiger charge is -2.07. The van der Waals surface area contributed by atoms with Gasteiger partial charge in [-0.05, 0) is 23.3 Å². The highest BCUT2D eigenvalue weighted by Gasteiger charge is 2.31. The summed E-state index contributed by atoms with van der Waals surface area (Å²) >= 11 is 0. The summed E-state index contributed by atoms with van der Waals surface area (Å²) in [6.07, 6.45) is 3.51. The molecule has 0 bridgehead atoms. The van der Waals surface area contributed by atoms with Gasteiger partial charge in [-0.2, -0.15) is 0 Å². The molecule has 1 aromatic heterocycles. The topological polar surface area (TPSA) is 91.9 Å². The van der Waals surface area contributed by atoms with Crippen LogP contribution in [0, 0.1) is 0 Å². The van der Waals surface area contributed by atoms with Gasteiger partial charge in [0.1, 0.15) is 22.8 Å². The summed E-state index contributed by atoms with van der Waals surface area (Å²) in [7, 11) is 0. The zero-order chi connectivity index (χ0) is 21.5. The Balaban J connectivity index is 1.70. The van der Waals surface area contributed by atoms with E-state index >= 15 is 0 Å². The van der Waals surface area contributed by atoms with Crippen LogP contribution in [0.1, 0.15) is 15.9 Å². The van der Waals surface area contributed by atoms with E-state index < -0.39 is 5.78 Å². The lowest BCUT2D eigenvalue weighted by Crippen LogP contribution is -2.00. The van der Waals surface area contributed by atoms with Gasteiger partial charge in [0, 0.05) is 41.3 Å². The number of phenols is 2. The van der Waals surface area contributed by atoms with Gasteiger partial charge in [-0.25, -0.2) is 0 Å². The lowest BCUT2D eigenvalue weighted by molar-refractivity contribution is 0.101. The number of Topliss-reactive ketones (excluding diaryl/α,β-unsaturated/α-hetero) is 1. The van der Waals surface area contributed by atoms with Gasteiger partial charge >= 0.3 is 0 Å². The van der Waals surface area contributed by atoms with Crippen molar-refractivity contribution in [1.82, 2.24) is 4.57 Å². The van der Waals surface area contributed by atoms with Crippen LogP contribution < -0.4 is 4.74 Å². The van der Waals surface area contributed by atoms with E-state index in [0.717, 1.165) is 33.7 Å². The summed E-state index contributed by atoms with van der Waals surface area (Å²) in [5, 5.41) is 30.2. The number of carbonyl (C=O) groups excluding carboxylic acids is 1. The minimum Gasteiger partial charge on any atom is -0.508 e. The van der Waals surface area contributed by atoms with E-state index in [1.165, 1.54) is 6.07 Å². The first-order valence-electron chi connectivity index (χ1n) is 9.85. The molecule has 0 saturated heterocycles. The monoisotopic (exact) mass is 413 g/mol. The first-order valence-corrected chi connectivity index (χ1v) is 9.85. The highest BCUT2D eigenvalue weighted by atomic mass is 16.5. The molecule has 154 valence electrons. The van der Waals surface area contributed by atoms with Crippen molar-refractivity contribution in [1.29, 1.82) is 0 Å². The summed E-state index contributed by atoms with van der Waals surface area (Å²) in [6, 6.07) is 18.3. The first-order chi connectivity index (χ1) is 15.1. The third kappa shape index (κ3) is 3.14. The van der Waals surface area contributed by atoms with Gasteiger partial charge in [0.25, 0.3) is 0 Å². The first kappa shape index (κ1) is 19.0. The Bertz CT molecular complexity index is 1350. The van der Waals surface area contributed by atoms with Crippen molar-refractivity contribution in [3.8, 4) is 28.4 Å². The number of allylic oxidation sites excluding steroid dienone is 1. The van der Waals surface area contributed by atoms with Crippen LogP contribution in [0.15, 0.2) is 72.6 Å². The number of aromatic hydroxyl groups is 2. The number of ether oxygens (including phenoxy) is 1. The minimum atomic E-state index is -0.451. The second-order valence-corrected chi connectivity index (χ2v) is 7.34. The van der Waals surface area contributed by atoms with Crippen molar-refractivity contribution in [2.75, 3.05) is 6.61 Å². The number of rotatable bonds is 4. The Hall–Kier alpha value is -4.03. The van der Waals surface area contributed by atoms with Crippen LogP contribution in [-0.2, 0) is 6.54 Å². The molecular weight excluding hydrogens is 394 g/mol. The summed E-state index contributed by atoms with van der Waals surface area (Å²) < 4.78 is 7.62. The molecule has 31 heavy (non-hydrogen) atoms. The molecule has 3 aromatic carbocycles. The molecule has 2 heterocycles. The molecule has 0 unspecified atom stereocenters. The normalized spacial score (nSPS) is 14.2. The van der Waals surface area contributed by atoms with Crippen molar-refractivity contribution in [2.45, 2.75) is 6.54 Å². The molecule has 0 amide bonds. The maximum Gasteiger partial charge on any atom is 0.235 e. The number of aliphatic hydroxyl groups excluding tert-OH is 1. The minimum absolute atomic E-state index is 0.0244. The van der Waals surface area contributed by atoms with Gasteiger partial charge in [0.15, 0.2) is 5.76 Å². The Kier molecular flexibility index (Phi) is 4.49. The molecule has 6 nitrogen and oxygen atoms in total. The van der Waals surface area contributed by atoms with Crippen molar-refractivity contribution < 1.29 is 24.9 Å². The number of fused-ring (bicyclic) bond motifs is 2. The Labute approximate surface area is 177 Å². The van der Waals surface area contributed by atoms with Gasteiger partial charge in [-0.3, -0.25) is 4.79 Å². The standard InChI is InChI=1S/C25H19NO5/c27-10-9-26-14-16(11-22-25(30)24-20(29)12-17(28)13-21(24)31-22)23-18(7-4-8-19(23)26)15-5-2-1-3-6-15/h1-8,11-14,27-29H,9-10H2. The molecule has 3 N–H and O–H groups in total. The maximum atomic E-state index is 12.9. The molecule has 0 atom stereocenters. The molecule has 0 spiro atoms. The van der Waals surface area contributed by atoms with Crippen LogP contribution in [0.5, 0.6) is 17.2 Å². The summed E-state index contributed by atoms with van der Waals surface area (Å²) in [4.78, 5) is 12.9. The highest BCUT2D eigenvalue weighted by molar-refractivity contribution is 6.17. The number of hydrogen-bond acceptors (Lipinski definition) is 5. The van der Waals surface area contributed by atoms with Crippen LogP contribution in [-0.4, -0.2) is 32.3 Å². The van der Waals surface area contributed by atoms with Crippen molar-refractivity contribution in [2.24, 2.45) is 0 Å². The average molecular weight is 413 g/mol. The second-order valence-electron chi connectivity index (χ2n) is 7.34. The highest BCUT2D eigenvalue weighted by Crippen LogP contribution is 2.41. The molecule has 0 fully saturated rings. The van der Waals surface area contributed by atoms with Crippen LogP contribution in [0.2, 0.25) is 0 Å². The summed E-state index contributed by atoms with van der Waals surface area (Å²) in [5.41, 5.74) is 3.73. The molecule has 0 aliphatic carbocycles. The molecule has 1 aliphatic rings. The summed E-state index contributed by atoms with van der Waals surface area (Å²) in [5.74, 6) is -0.780. The number of carbonyl (C=O) groups is 1. The molecular formula is C25H19NO5. The van der Waals surface area contributed by atoms with Crippen LogP contribution >= 0.6 is 0 Å². The fourth-order valence-electron chi connectivity index (χ4n) is 4.06. The Morgan fingerprint density at radius 2 is 1.81 bits per heavy atom. The molecule has 0 radical (unpaired) electrons. The second kappa shape index (κ2) is 7.34. The van der Waals surface area contributed by atoms with Crippen molar-refractivity contribution >= 4 is 22.8 Å². The molecule has 4 aromatic rings. The van der Waals surface area contributed by atoms with Crippen LogP contribution in [0.25, 0.3) is 28.1 Å². The van der Waals surface area contributed by atoms with E-state index in [4.69, 9.17) is 4.74 Å². The van der Waals surface area contributed by atoms with E-state index in [-0.39, 0.29) is 35.2 Å². The quantitative estimate of drug-likeness (QED) is 0.433. The number of phenolic OH excluding ortho intramolecular Hbond substituents is 2. The number of hydrogen-bond donors (Lipinski definition) is 3. The van der Waals surface area contributed by atoms with Gasteiger partial charge in [0.05, 0.1) is 6.61 Å². The van der Waals surface area contributed by atoms with Crippen molar-refractivity contribution in [3.05, 3.63) is 83.7 Å². The SMILES string of the molecule is O=C1C(=Cc2cn(CCO)c3cccc(-c4ccccc4)c23)Oc2cc(O)cc(O)c21. The molecule has 0 saturated carbocycles. The number of aliphatic hydroxyl groups is 1. The third-order valence-electron chi connectivity index (χ3n) is 5.38. The molecule has 1 aliphatic heterocycles. The zero-order valence-corrected chi connectivity index (χ0v) is 16.4. The molecule has 5 rings (SSSR count). The smallest absolute Gasteiger partial charge is 0.235 e. The van der Waals surface area contributed by atoms with Crippen LogP contribution in [0.4, 0.5) is 0 Å². The van der Waals surface area contributed by atoms with E-state index in [2.05, 4.69) is 0 Å². The Morgan fingerprint density at radius 3 is 2.58 bits per heavy atom. The zero-order valence-electron chi connectivity index (χ0n) is 16.4. The van der Waals surface area contributed by atoms with E-state index in [0.29, 0.717) is 6.54 Å². The molecule has 6 heteroatoms. The van der Waals surface area contributed by atoms with Crippen LogP contribution in [0.3, 0.4) is 0 Å². The van der Waals surface area contributed by atoms with Gasteiger partial charge in [0.2, 0.25) is 5.78 Å². The summed E-state index contributed by atoms with van der Waals surface area (Å²) in [6.45, 7) is 0.380.